The van der Waals surface area contributed by atoms with E-state index in [-0.39, 0.29) is 11.2 Å². The summed E-state index contributed by atoms with van der Waals surface area (Å²) < 4.78 is 29.2. The quantitative estimate of drug-likeness (QED) is 0.456. The highest BCUT2D eigenvalue weighted by molar-refractivity contribution is 7.18. The van der Waals surface area contributed by atoms with Crippen molar-refractivity contribution >= 4 is 54.5 Å². The first-order valence-corrected chi connectivity index (χ1v) is 9.16. The minimum absolute atomic E-state index is 0.181. The molecule has 0 spiro atoms. The van der Waals surface area contributed by atoms with Gasteiger partial charge in [0, 0.05) is 16.5 Å². The standard InChI is InChI=1S/C15H9F2N3S2.C2H6/c1-7-4-8-10(2-3-18-15(8)22-7)20-13-9(16)5-11-14(12(13)17)19-6-21-11;1-2/h2-6H,1H3,(H,18,20);1-2H3. The summed E-state index contributed by atoms with van der Waals surface area (Å²) in [4.78, 5) is 10.1. The molecule has 0 amide bonds. The van der Waals surface area contributed by atoms with Gasteiger partial charge in [0.1, 0.15) is 16.0 Å². The Hall–Kier alpha value is -2.12. The summed E-state index contributed by atoms with van der Waals surface area (Å²) in [5.74, 6) is -1.31. The summed E-state index contributed by atoms with van der Waals surface area (Å²) in [5.41, 5.74) is 2.13. The predicted octanol–water partition coefficient (Wildman–Crippen LogP) is 6.26. The molecule has 0 aliphatic heterocycles. The van der Waals surface area contributed by atoms with E-state index in [0.717, 1.165) is 15.1 Å². The maximum Gasteiger partial charge on any atom is 0.176 e. The lowest BCUT2D eigenvalue weighted by Gasteiger charge is -2.10. The van der Waals surface area contributed by atoms with E-state index >= 15 is 0 Å². The van der Waals surface area contributed by atoms with E-state index in [4.69, 9.17) is 0 Å². The number of aromatic nitrogens is 2. The lowest BCUT2D eigenvalue weighted by Crippen LogP contribution is -1.99. The SMILES string of the molecule is CC.Cc1cc2c(Nc3c(F)cc4scnc4c3F)ccnc2s1. The van der Waals surface area contributed by atoms with Crippen LogP contribution in [0.2, 0.25) is 0 Å². The van der Waals surface area contributed by atoms with Gasteiger partial charge in [-0.2, -0.15) is 0 Å². The lowest BCUT2D eigenvalue weighted by molar-refractivity contribution is 0.598. The van der Waals surface area contributed by atoms with Crippen LogP contribution in [0.5, 0.6) is 0 Å². The first kappa shape index (κ1) is 16.7. The van der Waals surface area contributed by atoms with Crippen LogP contribution in [-0.4, -0.2) is 9.97 Å². The van der Waals surface area contributed by atoms with Crippen molar-refractivity contribution in [3.63, 3.8) is 0 Å². The fourth-order valence-corrected chi connectivity index (χ4v) is 3.92. The van der Waals surface area contributed by atoms with Crippen LogP contribution in [0.3, 0.4) is 0 Å². The summed E-state index contributed by atoms with van der Waals surface area (Å²) in [5, 5.41) is 3.71. The molecule has 124 valence electrons. The molecule has 0 saturated heterocycles. The highest BCUT2D eigenvalue weighted by Crippen LogP contribution is 2.35. The minimum Gasteiger partial charge on any atom is -0.350 e. The van der Waals surface area contributed by atoms with Gasteiger partial charge in [0.25, 0.3) is 0 Å². The number of halogens is 2. The van der Waals surface area contributed by atoms with Crippen molar-refractivity contribution in [2.24, 2.45) is 0 Å². The number of benzene rings is 1. The van der Waals surface area contributed by atoms with E-state index in [1.54, 1.807) is 12.3 Å². The normalized spacial score (nSPS) is 10.7. The van der Waals surface area contributed by atoms with E-state index in [1.807, 2.05) is 26.8 Å². The Bertz CT molecular complexity index is 1010. The predicted molar refractivity (Wildman–Crippen MR) is 98.5 cm³/mol. The van der Waals surface area contributed by atoms with Crippen LogP contribution in [0.4, 0.5) is 20.2 Å². The molecule has 0 radical (unpaired) electrons. The molecule has 0 atom stereocenters. The number of anilines is 2. The zero-order chi connectivity index (χ0) is 17.3. The average Bonchev–Trinajstić information content (AvgIpc) is 3.19. The molecular formula is C17H15F2N3S2. The van der Waals surface area contributed by atoms with Gasteiger partial charge < -0.3 is 5.32 Å². The highest BCUT2D eigenvalue weighted by Gasteiger charge is 2.17. The van der Waals surface area contributed by atoms with Crippen molar-refractivity contribution in [1.29, 1.82) is 0 Å². The number of nitrogens with zero attached hydrogens (tertiary/aromatic N) is 2. The fourth-order valence-electron chi connectivity index (χ4n) is 2.35. The third-order valence-corrected chi connectivity index (χ3v) is 5.07. The summed E-state index contributed by atoms with van der Waals surface area (Å²) in [6, 6.07) is 4.96. The van der Waals surface area contributed by atoms with E-state index in [9.17, 15) is 8.78 Å². The molecule has 24 heavy (non-hydrogen) atoms. The summed E-state index contributed by atoms with van der Waals surface area (Å²) >= 11 is 2.75. The van der Waals surface area contributed by atoms with Crippen molar-refractivity contribution in [3.05, 3.63) is 46.4 Å². The molecule has 4 rings (SSSR count). The van der Waals surface area contributed by atoms with Gasteiger partial charge in [-0.25, -0.2) is 18.7 Å². The van der Waals surface area contributed by atoms with E-state index < -0.39 is 11.6 Å². The molecule has 4 aromatic rings. The number of hydrogen-bond donors (Lipinski definition) is 1. The van der Waals surface area contributed by atoms with Crippen molar-refractivity contribution in [2.45, 2.75) is 20.8 Å². The van der Waals surface area contributed by atoms with Crippen molar-refractivity contribution < 1.29 is 8.78 Å². The Morgan fingerprint density at radius 2 is 1.92 bits per heavy atom. The molecule has 3 aromatic heterocycles. The number of thiazole rings is 1. The van der Waals surface area contributed by atoms with Crippen LogP contribution in [0.15, 0.2) is 29.9 Å². The Morgan fingerprint density at radius 3 is 2.71 bits per heavy atom. The van der Waals surface area contributed by atoms with Crippen molar-refractivity contribution in [3.8, 4) is 0 Å². The van der Waals surface area contributed by atoms with Crippen LogP contribution >= 0.6 is 22.7 Å². The summed E-state index contributed by atoms with van der Waals surface area (Å²) in [7, 11) is 0. The van der Waals surface area contributed by atoms with Gasteiger partial charge in [-0.1, -0.05) is 13.8 Å². The number of thiophene rings is 1. The Morgan fingerprint density at radius 1 is 1.12 bits per heavy atom. The van der Waals surface area contributed by atoms with Gasteiger partial charge in [-0.3, -0.25) is 0 Å². The first-order chi connectivity index (χ1) is 11.6. The molecule has 0 fully saturated rings. The van der Waals surface area contributed by atoms with Gasteiger partial charge in [-0.15, -0.1) is 22.7 Å². The van der Waals surface area contributed by atoms with E-state index in [2.05, 4.69) is 15.3 Å². The van der Waals surface area contributed by atoms with Gasteiger partial charge in [-0.05, 0) is 25.1 Å². The lowest BCUT2D eigenvalue weighted by atomic mass is 10.2. The monoisotopic (exact) mass is 363 g/mol. The van der Waals surface area contributed by atoms with Crippen LogP contribution in [-0.2, 0) is 0 Å². The van der Waals surface area contributed by atoms with Gasteiger partial charge in [0.05, 0.1) is 15.9 Å². The molecule has 0 aliphatic carbocycles. The molecule has 1 aromatic carbocycles. The van der Waals surface area contributed by atoms with Crippen LogP contribution in [0.1, 0.15) is 18.7 Å². The fraction of sp³-hybridized carbons (Fsp3) is 0.176. The second-order valence-corrected chi connectivity index (χ2v) is 6.93. The maximum atomic E-state index is 14.5. The maximum absolute atomic E-state index is 14.5. The third kappa shape index (κ3) is 2.85. The first-order valence-electron chi connectivity index (χ1n) is 7.47. The van der Waals surface area contributed by atoms with Crippen molar-refractivity contribution in [1.82, 2.24) is 9.97 Å². The number of rotatable bonds is 2. The molecule has 0 bridgehead atoms. The summed E-state index contributed by atoms with van der Waals surface area (Å²) in [6.07, 6.45) is 1.62. The minimum atomic E-state index is -0.673. The highest BCUT2D eigenvalue weighted by atomic mass is 32.1. The average molecular weight is 363 g/mol. The van der Waals surface area contributed by atoms with Gasteiger partial charge >= 0.3 is 0 Å². The Kier molecular flexibility index (Phi) is 4.73. The smallest absolute Gasteiger partial charge is 0.176 e. The topological polar surface area (TPSA) is 37.8 Å². The number of pyridine rings is 1. The Labute approximate surface area is 146 Å². The molecule has 1 N–H and O–H groups in total. The number of fused-ring (bicyclic) bond motifs is 2. The van der Waals surface area contributed by atoms with E-state index in [1.165, 1.54) is 34.3 Å². The van der Waals surface area contributed by atoms with E-state index in [0.29, 0.717) is 10.4 Å². The zero-order valence-corrected chi connectivity index (χ0v) is 15.0. The molecule has 0 aliphatic rings. The van der Waals surface area contributed by atoms with Crippen LogP contribution in [0, 0.1) is 18.6 Å². The zero-order valence-electron chi connectivity index (χ0n) is 13.4. The van der Waals surface area contributed by atoms with Crippen molar-refractivity contribution in [2.75, 3.05) is 5.32 Å². The molecular weight excluding hydrogens is 348 g/mol. The number of aryl methyl sites for hydroxylation is 1. The third-order valence-electron chi connectivity index (χ3n) is 3.34. The molecule has 0 unspecified atom stereocenters. The molecule has 0 saturated carbocycles. The van der Waals surface area contributed by atoms with Crippen LogP contribution in [0.25, 0.3) is 20.4 Å². The number of nitrogens with one attached hydrogen (secondary N) is 1. The molecule has 7 heteroatoms. The van der Waals surface area contributed by atoms with Crippen LogP contribution < -0.4 is 5.32 Å². The largest absolute Gasteiger partial charge is 0.350 e. The second-order valence-electron chi connectivity index (χ2n) is 4.81. The second kappa shape index (κ2) is 6.78. The number of hydrogen-bond acceptors (Lipinski definition) is 5. The molecule has 3 heterocycles. The molecule has 3 nitrogen and oxygen atoms in total. The van der Waals surface area contributed by atoms with Gasteiger partial charge in [0.2, 0.25) is 0 Å². The van der Waals surface area contributed by atoms with Gasteiger partial charge in [0.15, 0.2) is 11.6 Å². The summed E-state index contributed by atoms with van der Waals surface area (Å²) in [6.45, 7) is 5.97. The Balaban J connectivity index is 0.000000815.